The van der Waals surface area contributed by atoms with E-state index in [2.05, 4.69) is 219 Å². The minimum absolute atomic E-state index is 0.0346. The maximum absolute atomic E-state index is 2.76. The predicted octanol–water partition coefficient (Wildman–Crippen LogP) is 16.6. The van der Waals surface area contributed by atoms with Gasteiger partial charge in [0.05, 0.1) is 11.0 Å². The lowest BCUT2D eigenvalue weighted by atomic mass is 9.43. The molecule has 8 aromatic carbocycles. The second kappa shape index (κ2) is 12.9. The smallest absolute Gasteiger partial charge is 0.333 e. The second-order valence-electron chi connectivity index (χ2n) is 25.1. The molecule has 0 fully saturated rings. The predicted molar refractivity (Wildman–Crippen MR) is 302 cm³/mol. The van der Waals surface area contributed by atoms with Gasteiger partial charge in [0.25, 0.3) is 0 Å². The highest BCUT2D eigenvalue weighted by Crippen LogP contribution is 2.57. The third-order valence-corrected chi connectivity index (χ3v) is 19.7. The third-order valence-electron chi connectivity index (χ3n) is 18.6. The first-order valence-corrected chi connectivity index (χ1v) is 26.6. The Morgan fingerprint density at radius 3 is 1.87 bits per heavy atom. The molecule has 3 aliphatic carbocycles. The molecule has 2 aromatic heterocycles. The van der Waals surface area contributed by atoms with Gasteiger partial charge in [0.15, 0.2) is 0 Å². The SMILES string of the molecule is CC(C)(C)c1ccc(N2B3c4cc5c(cc4-n4c6ccc7c(c6c6ccc(c3c64)-c3cc4sc6cc8c(cc6c4cc32)C(C)(C)CCC8(C)C)-c2ccccc2C7(C)C)C(C)(C)c2ccccc2-5)cc1. The van der Waals surface area contributed by atoms with Crippen molar-refractivity contribution >= 4 is 82.5 Å². The molecule has 0 unspecified atom stereocenters. The summed E-state index contributed by atoms with van der Waals surface area (Å²) in [6, 6.07) is 53.6. The molecule has 0 bridgehead atoms. The van der Waals surface area contributed by atoms with E-state index >= 15 is 0 Å². The number of anilines is 2. The fourth-order valence-electron chi connectivity index (χ4n) is 14.6. The van der Waals surface area contributed by atoms with Gasteiger partial charge in [-0.15, -0.1) is 11.3 Å². The summed E-state index contributed by atoms with van der Waals surface area (Å²) in [4.78, 5) is 2.76. The van der Waals surface area contributed by atoms with E-state index in [1.165, 1.54) is 155 Å². The van der Waals surface area contributed by atoms with Crippen molar-refractivity contribution in [1.82, 2.24) is 4.57 Å². The zero-order chi connectivity index (χ0) is 47.9. The summed E-state index contributed by atoms with van der Waals surface area (Å²) < 4.78 is 5.48. The lowest BCUT2D eigenvalue weighted by molar-refractivity contribution is 0.332. The van der Waals surface area contributed by atoms with E-state index in [1.54, 1.807) is 0 Å². The summed E-state index contributed by atoms with van der Waals surface area (Å²) in [5.74, 6) is 0. The molecule has 0 atom stereocenters. The van der Waals surface area contributed by atoms with Gasteiger partial charge in [0.1, 0.15) is 0 Å². The van der Waals surface area contributed by atoms with Gasteiger partial charge in [-0.1, -0.05) is 161 Å². The van der Waals surface area contributed by atoms with Crippen LogP contribution in [0.25, 0.3) is 81.0 Å². The summed E-state index contributed by atoms with van der Waals surface area (Å²) in [6.45, 7) is 26.5. The van der Waals surface area contributed by atoms with Crippen molar-refractivity contribution in [2.24, 2.45) is 0 Å². The minimum Gasteiger partial charge on any atom is -0.376 e. The fraction of sp³-hybridized carbons (Fsp3) is 0.273. The maximum atomic E-state index is 2.76. The van der Waals surface area contributed by atoms with E-state index in [1.807, 2.05) is 11.3 Å². The number of hydrogen-bond donors (Lipinski definition) is 0. The molecule has 342 valence electrons. The molecule has 70 heavy (non-hydrogen) atoms. The van der Waals surface area contributed by atoms with Crippen LogP contribution in [0.4, 0.5) is 11.4 Å². The summed E-state index contributed by atoms with van der Waals surface area (Å²) in [5.41, 5.74) is 27.6. The molecular weight excluding hydrogens is 864 g/mol. The summed E-state index contributed by atoms with van der Waals surface area (Å²) in [7, 11) is 0. The van der Waals surface area contributed by atoms with Crippen molar-refractivity contribution in [2.45, 2.75) is 116 Å². The first-order valence-electron chi connectivity index (χ1n) is 25.8. The second-order valence-corrected chi connectivity index (χ2v) is 26.2. The van der Waals surface area contributed by atoms with E-state index in [0.29, 0.717) is 0 Å². The van der Waals surface area contributed by atoms with Gasteiger partial charge in [-0.05, 0) is 155 Å². The van der Waals surface area contributed by atoms with Crippen molar-refractivity contribution < 1.29 is 0 Å². The molecule has 2 aliphatic heterocycles. The molecule has 0 saturated carbocycles. The van der Waals surface area contributed by atoms with Gasteiger partial charge in [-0.2, -0.15) is 0 Å². The van der Waals surface area contributed by atoms with Crippen molar-refractivity contribution in [2.75, 3.05) is 4.81 Å². The highest BCUT2D eigenvalue weighted by atomic mass is 32.1. The maximum Gasteiger partial charge on any atom is 0.333 e. The molecule has 2 nitrogen and oxygen atoms in total. The number of fused-ring (bicyclic) bond motifs is 19. The Morgan fingerprint density at radius 2 is 1.14 bits per heavy atom. The van der Waals surface area contributed by atoms with E-state index in [0.717, 1.165) is 0 Å². The number of benzene rings is 8. The normalized spacial score (nSPS) is 17.9. The first-order chi connectivity index (χ1) is 33.3. The van der Waals surface area contributed by atoms with Crippen LogP contribution in [-0.4, -0.2) is 11.4 Å². The van der Waals surface area contributed by atoms with Crippen molar-refractivity contribution in [3.05, 3.63) is 172 Å². The lowest BCUT2D eigenvalue weighted by Crippen LogP contribution is -2.60. The molecule has 0 amide bonds. The molecule has 0 radical (unpaired) electrons. The van der Waals surface area contributed by atoms with Gasteiger partial charge in [0.2, 0.25) is 0 Å². The minimum atomic E-state index is -0.147. The number of aromatic nitrogens is 1. The molecule has 0 saturated heterocycles. The Balaban J connectivity index is 1.10. The molecule has 4 heterocycles. The molecular formula is C66H59BN2S. The Bertz CT molecular complexity index is 4050. The van der Waals surface area contributed by atoms with Gasteiger partial charge in [-0.25, -0.2) is 0 Å². The van der Waals surface area contributed by atoms with E-state index in [4.69, 9.17) is 0 Å². The van der Waals surface area contributed by atoms with Crippen molar-refractivity contribution in [3.8, 4) is 39.1 Å². The van der Waals surface area contributed by atoms with Crippen LogP contribution < -0.4 is 15.7 Å². The van der Waals surface area contributed by atoms with E-state index in [9.17, 15) is 0 Å². The zero-order valence-electron chi connectivity index (χ0n) is 42.5. The molecule has 0 N–H and O–H groups in total. The topological polar surface area (TPSA) is 8.17 Å². The van der Waals surface area contributed by atoms with Crippen LogP contribution in [0.2, 0.25) is 0 Å². The quantitative estimate of drug-likeness (QED) is 0.149. The largest absolute Gasteiger partial charge is 0.376 e. The zero-order valence-corrected chi connectivity index (χ0v) is 43.3. The Morgan fingerprint density at radius 1 is 0.500 bits per heavy atom. The molecule has 4 heteroatoms. The first kappa shape index (κ1) is 41.4. The van der Waals surface area contributed by atoms with Gasteiger partial charge >= 0.3 is 6.85 Å². The summed E-state index contributed by atoms with van der Waals surface area (Å²) in [6.07, 6.45) is 2.42. The Labute approximate surface area is 417 Å². The van der Waals surface area contributed by atoms with Crippen LogP contribution in [0.1, 0.15) is 128 Å². The van der Waals surface area contributed by atoms with Gasteiger partial charge < -0.3 is 9.38 Å². The van der Waals surface area contributed by atoms with Crippen LogP contribution in [0.5, 0.6) is 0 Å². The Hall–Kier alpha value is -6.36. The lowest BCUT2D eigenvalue weighted by Gasteiger charge is -2.42. The van der Waals surface area contributed by atoms with Crippen LogP contribution in [0.15, 0.2) is 133 Å². The average molecular weight is 923 g/mol. The van der Waals surface area contributed by atoms with Crippen LogP contribution in [0, 0.1) is 0 Å². The Kier molecular flexibility index (Phi) is 7.66. The van der Waals surface area contributed by atoms with Gasteiger partial charge in [-0.3, -0.25) is 0 Å². The van der Waals surface area contributed by atoms with Crippen LogP contribution in [-0.2, 0) is 27.1 Å². The number of thiophene rings is 1. The monoisotopic (exact) mass is 922 g/mol. The average Bonchev–Trinajstić information content (AvgIpc) is 4.01. The standard InChI is InChI=1S/C66H59BN2S/c1-62(2,3)36-20-22-37(23-21-36)69-54-32-45-44-30-50-51(64(6,7)29-28-63(50,4)5)35-57(44)70-56(45)33-43(54)39-24-25-41-59-53(27-26-48-58(59)40-17-13-15-19-47(40)65(48,8)9)68-55-34-49-42(31-52(55)67(69)60(39)61(41)68)38-16-12-14-18-46(38)66(49,10)11/h12-27,30-35H,28-29H2,1-11H3. The molecule has 15 rings (SSSR count). The van der Waals surface area contributed by atoms with Crippen LogP contribution >= 0.6 is 11.3 Å². The van der Waals surface area contributed by atoms with Gasteiger partial charge in [0, 0.05) is 64.4 Å². The molecule has 0 spiro atoms. The van der Waals surface area contributed by atoms with Crippen molar-refractivity contribution in [1.29, 1.82) is 0 Å². The summed E-state index contributed by atoms with van der Waals surface area (Å²) in [5, 5.41) is 5.49. The fourth-order valence-corrected chi connectivity index (χ4v) is 15.7. The number of hydrogen-bond acceptors (Lipinski definition) is 2. The molecule has 5 aliphatic rings. The van der Waals surface area contributed by atoms with E-state index in [-0.39, 0.29) is 33.9 Å². The van der Waals surface area contributed by atoms with E-state index < -0.39 is 0 Å². The van der Waals surface area contributed by atoms with Crippen molar-refractivity contribution in [3.63, 3.8) is 0 Å². The highest BCUT2D eigenvalue weighted by molar-refractivity contribution is 7.25. The third kappa shape index (κ3) is 5.01. The van der Waals surface area contributed by atoms with Crippen LogP contribution in [0.3, 0.4) is 0 Å². The highest BCUT2D eigenvalue weighted by Gasteiger charge is 2.48. The number of nitrogens with zero attached hydrogens (tertiary/aromatic N) is 2. The number of rotatable bonds is 1. The summed E-state index contributed by atoms with van der Waals surface area (Å²) >= 11 is 1.99. The molecule has 10 aromatic rings.